The molecule has 0 aliphatic rings. The van der Waals surface area contributed by atoms with E-state index in [0.717, 1.165) is 0 Å². The molecule has 84 valence electrons. The Balaban J connectivity index is 2.83. The minimum Gasteiger partial charge on any atom is -0.294 e. The fourth-order valence-electron chi connectivity index (χ4n) is 1.57. The van der Waals surface area contributed by atoms with Gasteiger partial charge in [0.1, 0.15) is 5.69 Å². The van der Waals surface area contributed by atoms with Crippen molar-refractivity contribution in [2.24, 2.45) is 0 Å². The molecule has 0 radical (unpaired) electrons. The molecule has 3 nitrogen and oxygen atoms in total. The summed E-state index contributed by atoms with van der Waals surface area (Å²) in [6.45, 7) is 1.22. The molecule has 0 saturated heterocycles. The van der Waals surface area contributed by atoms with Crippen LogP contribution in [0.15, 0.2) is 18.2 Å². The van der Waals surface area contributed by atoms with Gasteiger partial charge in [0.05, 0.1) is 5.52 Å². The first-order valence-corrected chi connectivity index (χ1v) is 4.46. The highest BCUT2D eigenvalue weighted by atomic mass is 19.4. The molecule has 16 heavy (non-hydrogen) atoms. The van der Waals surface area contributed by atoms with Crippen molar-refractivity contribution >= 4 is 16.7 Å². The summed E-state index contributed by atoms with van der Waals surface area (Å²) >= 11 is 0. The quantitative estimate of drug-likeness (QED) is 0.763. The fourth-order valence-corrected chi connectivity index (χ4v) is 1.57. The first-order chi connectivity index (χ1) is 7.41. The lowest BCUT2D eigenvalue weighted by atomic mass is 10.0. The van der Waals surface area contributed by atoms with Crippen LogP contribution in [0.3, 0.4) is 0 Å². The molecule has 0 spiro atoms. The van der Waals surface area contributed by atoms with Crippen LogP contribution < -0.4 is 0 Å². The molecule has 2 rings (SSSR count). The summed E-state index contributed by atoms with van der Waals surface area (Å²) in [5.41, 5.74) is -0.813. The molecule has 1 aromatic heterocycles. The number of hydrogen-bond donors (Lipinski definition) is 1. The van der Waals surface area contributed by atoms with Gasteiger partial charge in [0.15, 0.2) is 5.78 Å². The third-order valence-corrected chi connectivity index (χ3v) is 2.24. The van der Waals surface area contributed by atoms with Crippen LogP contribution in [-0.4, -0.2) is 16.0 Å². The van der Waals surface area contributed by atoms with E-state index in [2.05, 4.69) is 5.10 Å². The first-order valence-electron chi connectivity index (χ1n) is 4.46. The second kappa shape index (κ2) is 3.33. The smallest absolute Gasteiger partial charge is 0.294 e. The first kappa shape index (κ1) is 10.7. The zero-order valence-corrected chi connectivity index (χ0v) is 8.22. The zero-order chi connectivity index (χ0) is 11.9. The average Bonchev–Trinajstić information content (AvgIpc) is 2.59. The van der Waals surface area contributed by atoms with E-state index in [-0.39, 0.29) is 16.5 Å². The number of Topliss-reactive ketones (excluding diaryl/α,β-unsaturated/α-hetero) is 1. The van der Waals surface area contributed by atoms with Crippen LogP contribution in [0.25, 0.3) is 10.9 Å². The van der Waals surface area contributed by atoms with Crippen molar-refractivity contribution in [1.29, 1.82) is 0 Å². The number of hydrogen-bond acceptors (Lipinski definition) is 2. The number of H-pyrrole nitrogens is 1. The van der Waals surface area contributed by atoms with E-state index in [4.69, 9.17) is 0 Å². The van der Waals surface area contributed by atoms with Gasteiger partial charge in [-0.05, 0) is 13.0 Å². The molecule has 0 fully saturated rings. The molecule has 0 aliphatic carbocycles. The Labute approximate surface area is 88.3 Å². The monoisotopic (exact) mass is 228 g/mol. The van der Waals surface area contributed by atoms with Crippen LogP contribution in [0.2, 0.25) is 0 Å². The molecule has 0 amide bonds. The molecule has 1 aromatic carbocycles. The molecule has 0 saturated carbocycles. The van der Waals surface area contributed by atoms with Gasteiger partial charge in [-0.25, -0.2) is 0 Å². The van der Waals surface area contributed by atoms with E-state index in [0.29, 0.717) is 0 Å². The Morgan fingerprint density at radius 2 is 2.06 bits per heavy atom. The number of aromatic amines is 1. The van der Waals surface area contributed by atoms with E-state index in [1.165, 1.54) is 25.1 Å². The fraction of sp³-hybridized carbons (Fsp3) is 0.200. The number of ketones is 1. The maximum atomic E-state index is 12.6. The standard InChI is InChI=1S/C10H7F3N2O/c1-5(16)6-3-2-4-7-8(6)9(15-14-7)10(11,12)13/h2-4H,1H3,(H,14,15). The summed E-state index contributed by atoms with van der Waals surface area (Å²) in [6, 6.07) is 4.28. The van der Waals surface area contributed by atoms with Crippen LogP contribution in [0, 0.1) is 0 Å². The molecule has 0 aliphatic heterocycles. The summed E-state index contributed by atoms with van der Waals surface area (Å²) in [5.74, 6) is -0.419. The Bertz CT molecular complexity index is 557. The Kier molecular flexibility index (Phi) is 2.22. The minimum atomic E-state index is -4.54. The molecule has 1 heterocycles. The van der Waals surface area contributed by atoms with Crippen LogP contribution >= 0.6 is 0 Å². The van der Waals surface area contributed by atoms with Crippen LogP contribution in [-0.2, 0) is 6.18 Å². The lowest BCUT2D eigenvalue weighted by molar-refractivity contribution is -0.139. The number of fused-ring (bicyclic) bond motifs is 1. The van der Waals surface area contributed by atoms with Crippen molar-refractivity contribution in [2.45, 2.75) is 13.1 Å². The highest BCUT2D eigenvalue weighted by Gasteiger charge is 2.36. The number of nitrogens with zero attached hydrogens (tertiary/aromatic N) is 1. The predicted molar refractivity (Wildman–Crippen MR) is 51.1 cm³/mol. The number of alkyl halides is 3. The Morgan fingerprint density at radius 1 is 1.38 bits per heavy atom. The van der Waals surface area contributed by atoms with E-state index in [1.807, 2.05) is 5.10 Å². The number of nitrogens with one attached hydrogen (secondary N) is 1. The van der Waals surface area contributed by atoms with Crippen molar-refractivity contribution in [1.82, 2.24) is 10.2 Å². The third kappa shape index (κ3) is 1.56. The number of aromatic nitrogens is 2. The lowest BCUT2D eigenvalue weighted by Crippen LogP contribution is -2.07. The van der Waals surface area contributed by atoms with E-state index in [9.17, 15) is 18.0 Å². The second-order valence-electron chi connectivity index (χ2n) is 3.35. The van der Waals surface area contributed by atoms with Gasteiger partial charge in [0.25, 0.3) is 0 Å². The maximum Gasteiger partial charge on any atom is 0.433 e. The number of benzene rings is 1. The van der Waals surface area contributed by atoms with E-state index < -0.39 is 17.7 Å². The van der Waals surface area contributed by atoms with Gasteiger partial charge in [0, 0.05) is 10.9 Å². The molecule has 1 N–H and O–H groups in total. The molecular formula is C10H7F3N2O. The van der Waals surface area contributed by atoms with Crippen molar-refractivity contribution in [2.75, 3.05) is 0 Å². The van der Waals surface area contributed by atoms with E-state index >= 15 is 0 Å². The number of halogens is 3. The minimum absolute atomic E-state index is 0.0265. The molecule has 0 bridgehead atoms. The average molecular weight is 228 g/mol. The third-order valence-electron chi connectivity index (χ3n) is 2.24. The van der Waals surface area contributed by atoms with Gasteiger partial charge in [-0.1, -0.05) is 12.1 Å². The summed E-state index contributed by atoms with van der Waals surface area (Å²) in [6.07, 6.45) is -4.54. The molecule has 0 atom stereocenters. The number of carbonyl (C=O) groups is 1. The van der Waals surface area contributed by atoms with Crippen LogP contribution in [0.4, 0.5) is 13.2 Å². The number of rotatable bonds is 1. The van der Waals surface area contributed by atoms with Gasteiger partial charge in [-0.2, -0.15) is 18.3 Å². The SMILES string of the molecule is CC(=O)c1cccc2n[nH]c(C(F)(F)F)c12. The maximum absolute atomic E-state index is 12.6. The largest absolute Gasteiger partial charge is 0.433 e. The van der Waals surface area contributed by atoms with Crippen LogP contribution in [0.1, 0.15) is 23.0 Å². The second-order valence-corrected chi connectivity index (χ2v) is 3.35. The molecule has 6 heteroatoms. The highest BCUT2D eigenvalue weighted by molar-refractivity contribution is 6.07. The van der Waals surface area contributed by atoms with Gasteiger partial charge < -0.3 is 0 Å². The zero-order valence-electron chi connectivity index (χ0n) is 8.22. The molecule has 2 aromatic rings. The summed E-state index contributed by atoms with van der Waals surface area (Å²) in [7, 11) is 0. The summed E-state index contributed by atoms with van der Waals surface area (Å²) < 4.78 is 37.8. The Morgan fingerprint density at radius 3 is 2.62 bits per heavy atom. The van der Waals surface area contributed by atoms with Gasteiger partial charge in [-0.15, -0.1) is 0 Å². The van der Waals surface area contributed by atoms with Crippen molar-refractivity contribution in [3.8, 4) is 0 Å². The topological polar surface area (TPSA) is 45.8 Å². The lowest BCUT2D eigenvalue weighted by Gasteiger charge is -2.05. The normalized spacial score (nSPS) is 12.0. The van der Waals surface area contributed by atoms with E-state index in [1.54, 1.807) is 0 Å². The van der Waals surface area contributed by atoms with Gasteiger partial charge in [0.2, 0.25) is 0 Å². The highest BCUT2D eigenvalue weighted by Crippen LogP contribution is 2.34. The van der Waals surface area contributed by atoms with Crippen molar-refractivity contribution in [3.05, 3.63) is 29.5 Å². The van der Waals surface area contributed by atoms with Gasteiger partial charge in [-0.3, -0.25) is 9.89 Å². The van der Waals surface area contributed by atoms with Crippen LogP contribution in [0.5, 0.6) is 0 Å². The Hall–Kier alpha value is -1.85. The number of carbonyl (C=O) groups excluding carboxylic acids is 1. The molecule has 0 unspecified atom stereocenters. The molecular weight excluding hydrogens is 221 g/mol. The summed E-state index contributed by atoms with van der Waals surface area (Å²) in [4.78, 5) is 11.2. The predicted octanol–water partition coefficient (Wildman–Crippen LogP) is 2.78. The van der Waals surface area contributed by atoms with Crippen molar-refractivity contribution in [3.63, 3.8) is 0 Å². The summed E-state index contributed by atoms with van der Waals surface area (Å²) in [5, 5.41) is 5.29. The van der Waals surface area contributed by atoms with Gasteiger partial charge >= 0.3 is 6.18 Å². The van der Waals surface area contributed by atoms with Crippen molar-refractivity contribution < 1.29 is 18.0 Å².